The van der Waals surface area contributed by atoms with Gasteiger partial charge in [0.1, 0.15) is 11.8 Å². The molecule has 0 unspecified atom stereocenters. The van der Waals surface area contributed by atoms with Gasteiger partial charge in [0.25, 0.3) is 5.91 Å². The van der Waals surface area contributed by atoms with E-state index in [1.54, 1.807) is 4.90 Å². The zero-order valence-electron chi connectivity index (χ0n) is 19.7. The van der Waals surface area contributed by atoms with E-state index >= 15 is 0 Å². The molecule has 0 saturated heterocycles. The molecule has 0 aromatic heterocycles. The van der Waals surface area contributed by atoms with Crippen LogP contribution in [0.2, 0.25) is 0 Å². The Hall–Kier alpha value is -2.82. The van der Waals surface area contributed by atoms with Crippen LogP contribution in [0.1, 0.15) is 55.9 Å². The lowest BCUT2D eigenvalue weighted by atomic mass is 10.1. The van der Waals surface area contributed by atoms with Gasteiger partial charge in [0.2, 0.25) is 5.91 Å². The van der Waals surface area contributed by atoms with E-state index in [1.165, 1.54) is 0 Å². The van der Waals surface area contributed by atoms with Gasteiger partial charge in [-0.15, -0.1) is 0 Å². The predicted octanol–water partition coefficient (Wildman–Crippen LogP) is 4.71. The Morgan fingerprint density at radius 2 is 1.71 bits per heavy atom. The minimum Gasteiger partial charge on any atom is -0.483 e. The molecule has 2 aromatic rings. The quantitative estimate of drug-likeness (QED) is 0.601. The molecule has 0 heterocycles. The summed E-state index contributed by atoms with van der Waals surface area (Å²) in [4.78, 5) is 28.0. The highest BCUT2D eigenvalue weighted by atomic mass is 16.5. The molecule has 0 aliphatic rings. The van der Waals surface area contributed by atoms with Gasteiger partial charge in [-0.05, 0) is 68.9 Å². The molecule has 0 fully saturated rings. The minimum atomic E-state index is -0.552. The summed E-state index contributed by atoms with van der Waals surface area (Å²) in [6, 6.07) is 13.4. The molecule has 2 rings (SSSR count). The van der Waals surface area contributed by atoms with Crippen LogP contribution in [0, 0.1) is 20.8 Å². The summed E-state index contributed by atoms with van der Waals surface area (Å²) in [6.45, 7) is 12.2. The van der Waals surface area contributed by atoms with E-state index in [2.05, 4.69) is 5.32 Å². The van der Waals surface area contributed by atoms with Gasteiger partial charge in [-0.25, -0.2) is 0 Å². The van der Waals surface area contributed by atoms with Crippen LogP contribution in [-0.4, -0.2) is 35.4 Å². The van der Waals surface area contributed by atoms with Crippen molar-refractivity contribution in [2.45, 2.75) is 73.0 Å². The van der Waals surface area contributed by atoms with Crippen molar-refractivity contribution >= 4 is 11.8 Å². The van der Waals surface area contributed by atoms with Crippen molar-refractivity contribution < 1.29 is 14.3 Å². The first kappa shape index (κ1) is 24.4. The molecular weight excluding hydrogens is 388 g/mol. The molecule has 0 bridgehead atoms. The average Bonchev–Trinajstić information content (AvgIpc) is 2.75. The summed E-state index contributed by atoms with van der Waals surface area (Å²) in [5.74, 6) is 0.377. The number of aryl methyl sites for hydroxylation is 3. The summed E-state index contributed by atoms with van der Waals surface area (Å²) < 4.78 is 5.88. The van der Waals surface area contributed by atoms with Crippen molar-refractivity contribution in [3.63, 3.8) is 0 Å². The van der Waals surface area contributed by atoms with E-state index in [9.17, 15) is 9.59 Å². The Labute approximate surface area is 186 Å². The molecule has 0 aliphatic heterocycles. The summed E-state index contributed by atoms with van der Waals surface area (Å²) in [5.41, 5.74) is 4.17. The zero-order chi connectivity index (χ0) is 23.0. The number of carbonyl (C=O) groups excluding carboxylic acids is 2. The standard InChI is InChI=1S/C26H36N2O3/c1-7-21(6)27-26(30)23(8-2)28(16-22-12-10-9-11-19(22)4)25(29)17-31-24-15-18(3)13-14-20(24)5/h9-15,21,23H,7-8,16-17H2,1-6H3,(H,27,30)/t21-,23-/m0/s1. The van der Waals surface area contributed by atoms with Crippen molar-refractivity contribution in [2.24, 2.45) is 0 Å². The zero-order valence-corrected chi connectivity index (χ0v) is 19.7. The second-order valence-corrected chi connectivity index (χ2v) is 8.25. The van der Waals surface area contributed by atoms with Crippen LogP contribution in [-0.2, 0) is 16.1 Å². The fraction of sp³-hybridized carbons (Fsp3) is 0.462. The van der Waals surface area contributed by atoms with Crippen LogP contribution in [0.5, 0.6) is 5.75 Å². The average molecular weight is 425 g/mol. The third-order valence-corrected chi connectivity index (χ3v) is 5.68. The largest absolute Gasteiger partial charge is 0.483 e. The van der Waals surface area contributed by atoms with Gasteiger partial charge in [-0.3, -0.25) is 9.59 Å². The van der Waals surface area contributed by atoms with Crippen LogP contribution in [0.3, 0.4) is 0 Å². The van der Waals surface area contributed by atoms with E-state index in [-0.39, 0.29) is 24.5 Å². The van der Waals surface area contributed by atoms with Gasteiger partial charge in [0.15, 0.2) is 6.61 Å². The highest BCUT2D eigenvalue weighted by Gasteiger charge is 2.29. The van der Waals surface area contributed by atoms with Crippen LogP contribution in [0.4, 0.5) is 0 Å². The lowest BCUT2D eigenvalue weighted by molar-refractivity contribution is -0.143. The maximum absolute atomic E-state index is 13.3. The maximum Gasteiger partial charge on any atom is 0.261 e. The van der Waals surface area contributed by atoms with Crippen molar-refractivity contribution in [3.8, 4) is 5.75 Å². The number of benzene rings is 2. The van der Waals surface area contributed by atoms with E-state index in [0.717, 1.165) is 28.7 Å². The number of nitrogens with zero attached hydrogens (tertiary/aromatic N) is 1. The molecule has 0 saturated carbocycles. The molecular formula is C26H36N2O3. The van der Waals surface area contributed by atoms with Crippen LogP contribution in [0.25, 0.3) is 0 Å². The summed E-state index contributed by atoms with van der Waals surface area (Å²) >= 11 is 0. The number of nitrogens with one attached hydrogen (secondary N) is 1. The van der Waals surface area contributed by atoms with Crippen molar-refractivity contribution in [2.75, 3.05) is 6.61 Å². The van der Waals surface area contributed by atoms with Crippen molar-refractivity contribution in [1.82, 2.24) is 10.2 Å². The molecule has 2 aromatic carbocycles. The second kappa shape index (κ2) is 11.5. The molecule has 0 aliphatic carbocycles. The summed E-state index contributed by atoms with van der Waals surface area (Å²) in [7, 11) is 0. The SMILES string of the molecule is CC[C@H](C)NC(=O)[C@H](CC)N(Cc1ccccc1C)C(=O)COc1cc(C)ccc1C. The first-order chi connectivity index (χ1) is 14.8. The number of carbonyl (C=O) groups is 2. The van der Waals surface area contributed by atoms with Gasteiger partial charge in [-0.1, -0.05) is 50.2 Å². The Morgan fingerprint density at radius 3 is 2.35 bits per heavy atom. The third kappa shape index (κ3) is 6.84. The van der Waals surface area contributed by atoms with Crippen molar-refractivity contribution in [1.29, 1.82) is 0 Å². The first-order valence-corrected chi connectivity index (χ1v) is 11.1. The van der Waals surface area contributed by atoms with Gasteiger partial charge >= 0.3 is 0 Å². The van der Waals surface area contributed by atoms with Crippen LogP contribution < -0.4 is 10.1 Å². The molecule has 2 atom stereocenters. The van der Waals surface area contributed by atoms with Gasteiger partial charge in [-0.2, -0.15) is 0 Å². The van der Waals surface area contributed by atoms with Crippen LogP contribution >= 0.6 is 0 Å². The Bertz CT molecular complexity index is 894. The minimum absolute atomic E-state index is 0.0585. The number of rotatable bonds is 10. The fourth-order valence-electron chi connectivity index (χ4n) is 3.42. The summed E-state index contributed by atoms with van der Waals surface area (Å²) in [6.07, 6.45) is 1.37. The molecule has 0 spiro atoms. The summed E-state index contributed by atoms with van der Waals surface area (Å²) in [5, 5.41) is 3.03. The number of ether oxygens (including phenoxy) is 1. The molecule has 168 valence electrons. The highest BCUT2D eigenvalue weighted by Crippen LogP contribution is 2.20. The van der Waals surface area contributed by atoms with Crippen LogP contribution in [0.15, 0.2) is 42.5 Å². The Kier molecular flexibility index (Phi) is 9.10. The van der Waals surface area contributed by atoms with E-state index in [1.807, 2.05) is 84.0 Å². The lowest BCUT2D eigenvalue weighted by Gasteiger charge is -2.32. The van der Waals surface area contributed by atoms with Gasteiger partial charge in [0.05, 0.1) is 0 Å². The highest BCUT2D eigenvalue weighted by molar-refractivity contribution is 5.88. The van der Waals surface area contributed by atoms with E-state index in [4.69, 9.17) is 4.74 Å². The lowest BCUT2D eigenvalue weighted by Crippen LogP contribution is -2.51. The Balaban J connectivity index is 2.26. The molecule has 5 nitrogen and oxygen atoms in total. The molecule has 0 radical (unpaired) electrons. The van der Waals surface area contributed by atoms with E-state index < -0.39 is 6.04 Å². The normalized spacial score (nSPS) is 12.7. The van der Waals surface area contributed by atoms with Gasteiger partial charge in [0, 0.05) is 12.6 Å². The molecule has 31 heavy (non-hydrogen) atoms. The fourth-order valence-corrected chi connectivity index (χ4v) is 3.42. The molecule has 5 heteroatoms. The number of amides is 2. The third-order valence-electron chi connectivity index (χ3n) is 5.68. The number of hydrogen-bond donors (Lipinski definition) is 1. The van der Waals surface area contributed by atoms with E-state index in [0.29, 0.717) is 18.7 Å². The topological polar surface area (TPSA) is 58.6 Å². The number of hydrogen-bond acceptors (Lipinski definition) is 3. The second-order valence-electron chi connectivity index (χ2n) is 8.25. The molecule has 2 amide bonds. The monoisotopic (exact) mass is 424 g/mol. The van der Waals surface area contributed by atoms with Crippen molar-refractivity contribution in [3.05, 3.63) is 64.7 Å². The molecule has 1 N–H and O–H groups in total. The Morgan fingerprint density at radius 1 is 1.00 bits per heavy atom. The first-order valence-electron chi connectivity index (χ1n) is 11.1. The van der Waals surface area contributed by atoms with Gasteiger partial charge < -0.3 is 15.0 Å². The smallest absolute Gasteiger partial charge is 0.261 e. The predicted molar refractivity (Wildman–Crippen MR) is 125 cm³/mol. The maximum atomic E-state index is 13.3.